The zero-order valence-electron chi connectivity index (χ0n) is 14.9. The molecule has 1 fully saturated rings. The molecule has 4 nitrogen and oxygen atoms in total. The molecule has 0 atom stereocenters. The standard InChI is InChI=1S/C19H26N2O2S/c1-6-15-11-16(14(2)17(24)12-15)13-20-7-9-21(10-8-20)18(22)23-19(3,4)5/h1,11-12,24H,7-10,13H2,2-5H3. The number of ether oxygens (including phenoxy) is 1. The molecule has 1 aliphatic heterocycles. The molecule has 0 radical (unpaired) electrons. The lowest BCUT2D eigenvalue weighted by atomic mass is 10.0. The van der Waals surface area contributed by atoms with Crippen molar-refractivity contribution in [3.8, 4) is 12.3 Å². The van der Waals surface area contributed by atoms with Gasteiger partial charge in [0, 0.05) is 43.2 Å². The third kappa shape index (κ3) is 4.93. The lowest BCUT2D eigenvalue weighted by molar-refractivity contribution is 0.0139. The van der Waals surface area contributed by atoms with Crippen molar-refractivity contribution in [2.45, 2.75) is 44.7 Å². The van der Waals surface area contributed by atoms with Gasteiger partial charge in [-0.1, -0.05) is 5.92 Å². The van der Waals surface area contributed by atoms with Crippen molar-refractivity contribution in [2.75, 3.05) is 26.2 Å². The van der Waals surface area contributed by atoms with E-state index in [0.717, 1.165) is 35.7 Å². The van der Waals surface area contributed by atoms with E-state index < -0.39 is 5.60 Å². The topological polar surface area (TPSA) is 32.8 Å². The Bertz CT molecular complexity index is 651. The number of carbonyl (C=O) groups is 1. The van der Waals surface area contributed by atoms with Gasteiger partial charge in [-0.2, -0.15) is 0 Å². The zero-order chi connectivity index (χ0) is 17.9. The molecule has 0 N–H and O–H groups in total. The van der Waals surface area contributed by atoms with E-state index in [1.807, 2.05) is 26.8 Å². The number of hydrogen-bond acceptors (Lipinski definition) is 4. The highest BCUT2D eigenvalue weighted by Crippen LogP contribution is 2.22. The van der Waals surface area contributed by atoms with E-state index in [1.165, 1.54) is 5.56 Å². The maximum absolute atomic E-state index is 12.1. The monoisotopic (exact) mass is 346 g/mol. The van der Waals surface area contributed by atoms with E-state index in [2.05, 4.69) is 36.4 Å². The minimum atomic E-state index is -0.454. The Hall–Kier alpha value is -1.64. The van der Waals surface area contributed by atoms with Gasteiger partial charge in [-0.05, 0) is 51.0 Å². The molecule has 1 amide bonds. The first-order valence-corrected chi connectivity index (χ1v) is 8.63. The van der Waals surface area contributed by atoms with Crippen LogP contribution in [0.5, 0.6) is 0 Å². The quantitative estimate of drug-likeness (QED) is 0.659. The second-order valence-electron chi connectivity index (χ2n) is 7.17. The van der Waals surface area contributed by atoms with Crippen molar-refractivity contribution in [3.05, 3.63) is 28.8 Å². The number of terminal acetylenes is 1. The highest BCUT2D eigenvalue weighted by atomic mass is 32.1. The van der Waals surface area contributed by atoms with Crippen LogP contribution in [0.2, 0.25) is 0 Å². The molecule has 0 unspecified atom stereocenters. The molecule has 24 heavy (non-hydrogen) atoms. The van der Waals surface area contributed by atoms with Gasteiger partial charge in [-0.15, -0.1) is 19.1 Å². The van der Waals surface area contributed by atoms with Gasteiger partial charge in [0.1, 0.15) is 5.60 Å². The van der Waals surface area contributed by atoms with E-state index >= 15 is 0 Å². The summed E-state index contributed by atoms with van der Waals surface area (Å²) in [5.74, 6) is 2.68. The number of benzene rings is 1. The minimum absolute atomic E-state index is 0.231. The van der Waals surface area contributed by atoms with Gasteiger partial charge in [0.2, 0.25) is 0 Å². The number of nitrogens with zero attached hydrogens (tertiary/aromatic N) is 2. The Morgan fingerprint density at radius 1 is 1.29 bits per heavy atom. The molecule has 0 aliphatic carbocycles. The lowest BCUT2D eigenvalue weighted by Crippen LogP contribution is -2.49. The fraction of sp³-hybridized carbons (Fsp3) is 0.526. The summed E-state index contributed by atoms with van der Waals surface area (Å²) in [7, 11) is 0. The number of carbonyl (C=O) groups excluding carboxylic acids is 1. The number of hydrogen-bond donors (Lipinski definition) is 1. The third-order valence-electron chi connectivity index (χ3n) is 4.07. The first-order valence-electron chi connectivity index (χ1n) is 8.19. The fourth-order valence-corrected chi connectivity index (χ4v) is 2.94. The van der Waals surface area contributed by atoms with E-state index in [1.54, 1.807) is 4.90 Å². The molecule has 0 bridgehead atoms. The highest BCUT2D eigenvalue weighted by Gasteiger charge is 2.26. The van der Waals surface area contributed by atoms with Crippen molar-refractivity contribution in [1.82, 2.24) is 9.80 Å². The molecule has 0 aromatic heterocycles. The van der Waals surface area contributed by atoms with Gasteiger partial charge >= 0.3 is 6.09 Å². The van der Waals surface area contributed by atoms with E-state index in [0.29, 0.717) is 13.1 Å². The first-order chi connectivity index (χ1) is 11.2. The van der Waals surface area contributed by atoms with Crippen LogP contribution in [-0.4, -0.2) is 47.7 Å². The lowest BCUT2D eigenvalue weighted by Gasteiger charge is -2.35. The SMILES string of the molecule is C#Cc1cc(S)c(C)c(CN2CCN(C(=O)OC(C)(C)C)CC2)c1. The largest absolute Gasteiger partial charge is 0.444 e. The van der Waals surface area contributed by atoms with Crippen molar-refractivity contribution in [2.24, 2.45) is 0 Å². The van der Waals surface area contributed by atoms with Crippen LogP contribution in [0.3, 0.4) is 0 Å². The number of amides is 1. The molecule has 2 rings (SSSR count). The minimum Gasteiger partial charge on any atom is -0.444 e. The Balaban J connectivity index is 1.96. The molecular weight excluding hydrogens is 320 g/mol. The molecule has 5 heteroatoms. The van der Waals surface area contributed by atoms with Crippen LogP contribution in [-0.2, 0) is 11.3 Å². The van der Waals surface area contributed by atoms with Crippen molar-refractivity contribution in [1.29, 1.82) is 0 Å². The number of piperazine rings is 1. The molecular formula is C19H26N2O2S. The summed E-state index contributed by atoms with van der Waals surface area (Å²) in [5.41, 5.74) is 2.75. The van der Waals surface area contributed by atoms with E-state index in [4.69, 9.17) is 11.2 Å². The van der Waals surface area contributed by atoms with Gasteiger partial charge in [0.25, 0.3) is 0 Å². The summed E-state index contributed by atoms with van der Waals surface area (Å²) in [4.78, 5) is 17.1. The Labute approximate surface area is 150 Å². The van der Waals surface area contributed by atoms with Crippen LogP contribution < -0.4 is 0 Å². The van der Waals surface area contributed by atoms with E-state index in [9.17, 15) is 4.79 Å². The maximum atomic E-state index is 12.1. The predicted molar refractivity (Wildman–Crippen MR) is 99.5 cm³/mol. The van der Waals surface area contributed by atoms with Crippen LogP contribution in [0.4, 0.5) is 4.79 Å². The number of rotatable bonds is 2. The molecule has 1 aliphatic rings. The van der Waals surface area contributed by atoms with Crippen LogP contribution in [0.15, 0.2) is 17.0 Å². The molecule has 0 spiro atoms. The summed E-state index contributed by atoms with van der Waals surface area (Å²) >= 11 is 4.51. The summed E-state index contributed by atoms with van der Waals surface area (Å²) in [6.45, 7) is 11.5. The number of thiol groups is 1. The average molecular weight is 346 g/mol. The summed E-state index contributed by atoms with van der Waals surface area (Å²) in [6.07, 6.45) is 5.29. The van der Waals surface area contributed by atoms with Gasteiger partial charge < -0.3 is 9.64 Å². The Morgan fingerprint density at radius 2 is 1.92 bits per heavy atom. The predicted octanol–water partition coefficient (Wildman–Crippen LogP) is 3.32. The molecule has 1 aromatic carbocycles. The molecule has 1 saturated heterocycles. The van der Waals surface area contributed by atoms with Crippen molar-refractivity contribution >= 4 is 18.7 Å². The Kier molecular flexibility index (Phi) is 5.84. The third-order valence-corrected chi connectivity index (χ3v) is 4.54. The molecule has 1 aromatic rings. The van der Waals surface area contributed by atoms with Gasteiger partial charge in [-0.25, -0.2) is 4.79 Å². The van der Waals surface area contributed by atoms with Crippen LogP contribution >= 0.6 is 12.6 Å². The zero-order valence-corrected chi connectivity index (χ0v) is 15.8. The van der Waals surface area contributed by atoms with Gasteiger partial charge in [0.05, 0.1) is 0 Å². The average Bonchev–Trinajstić information content (AvgIpc) is 2.50. The van der Waals surface area contributed by atoms with Crippen LogP contribution in [0.25, 0.3) is 0 Å². The summed E-state index contributed by atoms with van der Waals surface area (Å²) in [6, 6.07) is 3.97. The molecule has 130 valence electrons. The molecule has 0 saturated carbocycles. The van der Waals surface area contributed by atoms with Gasteiger partial charge in [0.15, 0.2) is 0 Å². The van der Waals surface area contributed by atoms with Crippen molar-refractivity contribution in [3.63, 3.8) is 0 Å². The smallest absolute Gasteiger partial charge is 0.410 e. The van der Waals surface area contributed by atoms with Crippen LogP contribution in [0, 0.1) is 19.3 Å². The maximum Gasteiger partial charge on any atom is 0.410 e. The second kappa shape index (κ2) is 7.50. The first kappa shape index (κ1) is 18.7. The van der Waals surface area contributed by atoms with Gasteiger partial charge in [-0.3, -0.25) is 4.90 Å². The summed E-state index contributed by atoms with van der Waals surface area (Å²) in [5, 5.41) is 0. The van der Waals surface area contributed by atoms with Crippen molar-refractivity contribution < 1.29 is 9.53 Å². The fourth-order valence-electron chi connectivity index (χ4n) is 2.66. The highest BCUT2D eigenvalue weighted by molar-refractivity contribution is 7.80. The molecule has 1 heterocycles. The Morgan fingerprint density at radius 3 is 2.46 bits per heavy atom. The summed E-state index contributed by atoms with van der Waals surface area (Å²) < 4.78 is 5.43. The normalized spacial score (nSPS) is 15.9. The second-order valence-corrected chi connectivity index (χ2v) is 7.65. The van der Waals surface area contributed by atoms with E-state index in [-0.39, 0.29) is 6.09 Å². The van der Waals surface area contributed by atoms with Crippen LogP contribution in [0.1, 0.15) is 37.5 Å².